The largest absolute Gasteiger partial charge is 0.478 e. The van der Waals surface area contributed by atoms with E-state index in [0.717, 1.165) is 0 Å². The molecule has 0 aromatic rings. The monoisotopic (exact) mass is 403 g/mol. The van der Waals surface area contributed by atoms with Crippen molar-refractivity contribution in [2.45, 2.75) is 74.8 Å². The molecule has 0 aliphatic rings. The lowest BCUT2D eigenvalue weighted by Crippen LogP contribution is -2.51. The fraction of sp³-hybridized carbons (Fsp3) is 0.625. The van der Waals surface area contributed by atoms with Crippen molar-refractivity contribution in [3.63, 3.8) is 0 Å². The Hall–Kier alpha value is -2.35. The molecule has 0 aliphatic heterocycles. The number of hydrogen-bond donors (Lipinski definition) is 2. The van der Waals surface area contributed by atoms with Crippen LogP contribution in [-0.4, -0.2) is 28.8 Å². The number of aliphatic carboxylic acids is 1. The molecule has 0 heterocycles. The van der Waals surface area contributed by atoms with Gasteiger partial charge in [-0.3, -0.25) is 9.59 Å². The number of hydrogen-bond acceptors (Lipinski definition) is 3. The number of allylic oxidation sites excluding steroid dienone is 2. The van der Waals surface area contributed by atoms with E-state index in [1.54, 1.807) is 33.8 Å². The van der Waals surface area contributed by atoms with Crippen LogP contribution in [0.3, 0.4) is 0 Å². The Kier molecular flexibility index (Phi) is 9.59. The number of ketones is 1. The highest BCUT2D eigenvalue weighted by Gasteiger charge is 2.34. The standard InChI is InChI=1S/C24H37NO4/c1-11-17(13-18(15(2)3)12-16(4)21(27)28)14-19(26)20(23(5,6)7)25-22(29)24(8,9)10/h1,12,14-15,18,20H,13H2,2-10H3,(H,25,29)(H,27,28)/b16-12+,17-14+/t18-,20+/m0/s1. The third-order valence-electron chi connectivity index (χ3n) is 4.72. The SMILES string of the molecule is C#C/C(=C\C(=O)[C@@H](NC(=O)C(C)(C)C)C(C)(C)C)C[C@H](/C=C(\C)C(=O)O)C(C)C. The Morgan fingerprint density at radius 1 is 1.10 bits per heavy atom. The average molecular weight is 404 g/mol. The lowest BCUT2D eigenvalue weighted by molar-refractivity contribution is -0.133. The molecule has 5 heteroatoms. The van der Waals surface area contributed by atoms with Crippen LogP contribution in [0.4, 0.5) is 0 Å². The zero-order chi connectivity index (χ0) is 23.2. The van der Waals surface area contributed by atoms with Gasteiger partial charge in [0.2, 0.25) is 5.91 Å². The van der Waals surface area contributed by atoms with E-state index in [-0.39, 0.29) is 29.1 Å². The van der Waals surface area contributed by atoms with Gasteiger partial charge in [-0.25, -0.2) is 4.79 Å². The second-order valence-corrected chi connectivity index (χ2v) is 10.0. The molecule has 0 aromatic heterocycles. The van der Waals surface area contributed by atoms with Crippen molar-refractivity contribution in [1.82, 2.24) is 5.32 Å². The van der Waals surface area contributed by atoms with Gasteiger partial charge in [0, 0.05) is 16.6 Å². The first-order valence-corrected chi connectivity index (χ1v) is 9.94. The maximum absolute atomic E-state index is 13.0. The fourth-order valence-electron chi connectivity index (χ4n) is 2.61. The van der Waals surface area contributed by atoms with Crippen molar-refractivity contribution in [2.24, 2.45) is 22.7 Å². The first kappa shape index (κ1) is 26.6. The van der Waals surface area contributed by atoms with Gasteiger partial charge in [-0.15, -0.1) is 6.42 Å². The Morgan fingerprint density at radius 3 is 1.97 bits per heavy atom. The Labute approximate surface area is 176 Å². The van der Waals surface area contributed by atoms with Crippen molar-refractivity contribution in [1.29, 1.82) is 0 Å². The van der Waals surface area contributed by atoms with E-state index in [2.05, 4.69) is 11.2 Å². The summed E-state index contributed by atoms with van der Waals surface area (Å²) >= 11 is 0. The third kappa shape index (κ3) is 9.13. The Morgan fingerprint density at radius 2 is 1.62 bits per heavy atom. The van der Waals surface area contributed by atoms with E-state index in [9.17, 15) is 14.4 Å². The highest BCUT2D eigenvalue weighted by Crippen LogP contribution is 2.26. The zero-order valence-corrected chi connectivity index (χ0v) is 19.3. The topological polar surface area (TPSA) is 83.5 Å². The number of amides is 1. The van der Waals surface area contributed by atoms with Crippen LogP contribution in [0.15, 0.2) is 23.3 Å². The van der Waals surface area contributed by atoms with Crippen molar-refractivity contribution in [2.75, 3.05) is 0 Å². The number of carboxylic acid groups (broad SMARTS) is 1. The van der Waals surface area contributed by atoms with Gasteiger partial charge in [0.15, 0.2) is 5.78 Å². The van der Waals surface area contributed by atoms with Gasteiger partial charge in [0.1, 0.15) is 0 Å². The van der Waals surface area contributed by atoms with E-state index < -0.39 is 22.8 Å². The molecule has 2 atom stereocenters. The van der Waals surface area contributed by atoms with Gasteiger partial charge < -0.3 is 10.4 Å². The summed E-state index contributed by atoms with van der Waals surface area (Å²) in [5.74, 6) is 1.15. The molecule has 1 amide bonds. The molecule has 29 heavy (non-hydrogen) atoms. The molecule has 0 bridgehead atoms. The Bertz CT molecular complexity index is 721. The minimum Gasteiger partial charge on any atom is -0.478 e. The molecular weight excluding hydrogens is 366 g/mol. The number of terminal acetylenes is 1. The lowest BCUT2D eigenvalue weighted by atomic mass is 9.81. The van der Waals surface area contributed by atoms with Crippen LogP contribution in [0.25, 0.3) is 0 Å². The Balaban J connectivity index is 5.79. The maximum atomic E-state index is 13.0. The maximum Gasteiger partial charge on any atom is 0.330 e. The van der Waals surface area contributed by atoms with Crippen LogP contribution in [0.1, 0.15) is 68.7 Å². The van der Waals surface area contributed by atoms with Gasteiger partial charge in [0.05, 0.1) is 6.04 Å². The summed E-state index contributed by atoms with van der Waals surface area (Å²) in [5.41, 5.74) is -0.380. The van der Waals surface area contributed by atoms with Gasteiger partial charge in [0.25, 0.3) is 0 Å². The molecule has 0 aromatic carbocycles. The van der Waals surface area contributed by atoms with Crippen LogP contribution in [0, 0.1) is 35.0 Å². The molecule has 0 saturated carbocycles. The second kappa shape index (κ2) is 10.4. The van der Waals surface area contributed by atoms with E-state index in [0.29, 0.717) is 12.0 Å². The molecule has 2 N–H and O–H groups in total. The molecule has 5 nitrogen and oxygen atoms in total. The number of rotatable bonds is 8. The number of carbonyl (C=O) groups excluding carboxylic acids is 2. The summed E-state index contributed by atoms with van der Waals surface area (Å²) in [6, 6.07) is -0.716. The molecule has 0 radical (unpaired) electrons. The summed E-state index contributed by atoms with van der Waals surface area (Å²) < 4.78 is 0. The molecule has 0 aliphatic carbocycles. The third-order valence-corrected chi connectivity index (χ3v) is 4.72. The molecular formula is C24H37NO4. The predicted molar refractivity (Wildman–Crippen MR) is 117 cm³/mol. The first-order valence-electron chi connectivity index (χ1n) is 9.94. The first-order chi connectivity index (χ1) is 13.0. The number of nitrogens with one attached hydrogen (secondary N) is 1. The molecule has 0 unspecified atom stereocenters. The van der Waals surface area contributed by atoms with E-state index in [1.807, 2.05) is 34.6 Å². The summed E-state index contributed by atoms with van der Waals surface area (Å²) in [6.45, 7) is 16.5. The van der Waals surface area contributed by atoms with Crippen LogP contribution in [-0.2, 0) is 14.4 Å². The normalized spacial score (nSPS) is 15.5. The molecule has 0 saturated heterocycles. The van der Waals surface area contributed by atoms with Crippen LogP contribution in [0.5, 0.6) is 0 Å². The van der Waals surface area contributed by atoms with Gasteiger partial charge in [-0.05, 0) is 36.7 Å². The molecule has 0 spiro atoms. The summed E-state index contributed by atoms with van der Waals surface area (Å²) in [6.07, 6.45) is 9.13. The predicted octanol–water partition coefficient (Wildman–Crippen LogP) is 4.39. The van der Waals surface area contributed by atoms with Crippen molar-refractivity contribution in [3.8, 4) is 12.3 Å². The summed E-state index contributed by atoms with van der Waals surface area (Å²) in [5, 5.41) is 12.0. The highest BCUT2D eigenvalue weighted by molar-refractivity contribution is 5.99. The number of carboxylic acids is 1. The van der Waals surface area contributed by atoms with Gasteiger partial charge in [-0.1, -0.05) is 67.4 Å². The zero-order valence-electron chi connectivity index (χ0n) is 19.3. The highest BCUT2D eigenvalue weighted by atomic mass is 16.4. The summed E-state index contributed by atoms with van der Waals surface area (Å²) in [4.78, 5) is 36.6. The van der Waals surface area contributed by atoms with Crippen molar-refractivity contribution >= 4 is 17.7 Å². The van der Waals surface area contributed by atoms with E-state index >= 15 is 0 Å². The van der Waals surface area contributed by atoms with E-state index in [1.165, 1.54) is 6.08 Å². The minimum absolute atomic E-state index is 0.113. The van der Waals surface area contributed by atoms with Crippen molar-refractivity contribution < 1.29 is 19.5 Å². The van der Waals surface area contributed by atoms with Crippen LogP contribution < -0.4 is 5.32 Å². The summed E-state index contributed by atoms with van der Waals surface area (Å²) in [7, 11) is 0. The van der Waals surface area contributed by atoms with Crippen LogP contribution in [0.2, 0.25) is 0 Å². The molecule has 162 valence electrons. The van der Waals surface area contributed by atoms with Gasteiger partial charge in [-0.2, -0.15) is 0 Å². The lowest BCUT2D eigenvalue weighted by Gasteiger charge is -2.32. The second-order valence-electron chi connectivity index (χ2n) is 10.0. The van der Waals surface area contributed by atoms with E-state index in [4.69, 9.17) is 11.5 Å². The fourth-order valence-corrected chi connectivity index (χ4v) is 2.61. The molecule has 0 rings (SSSR count). The van der Waals surface area contributed by atoms with Crippen molar-refractivity contribution in [3.05, 3.63) is 23.3 Å². The quantitative estimate of drug-likeness (QED) is 0.465. The number of carbonyl (C=O) groups is 3. The smallest absolute Gasteiger partial charge is 0.330 e. The average Bonchev–Trinajstić information content (AvgIpc) is 2.55. The van der Waals surface area contributed by atoms with Gasteiger partial charge >= 0.3 is 5.97 Å². The molecule has 0 fully saturated rings. The minimum atomic E-state index is -0.976. The van der Waals surface area contributed by atoms with Crippen LogP contribution >= 0.6 is 0 Å².